The Morgan fingerprint density at radius 2 is 1.91 bits per heavy atom. The summed E-state index contributed by atoms with van der Waals surface area (Å²) < 4.78 is 1.56. The van der Waals surface area contributed by atoms with E-state index in [2.05, 4.69) is 16.3 Å². The molecule has 0 saturated heterocycles. The molecule has 0 atom stereocenters. The number of nitrogens with one attached hydrogen (secondary N) is 1. The monoisotopic (exact) mass is 445 g/mol. The van der Waals surface area contributed by atoms with Crippen LogP contribution in [0.4, 0.5) is 11.4 Å². The number of amides is 2. The summed E-state index contributed by atoms with van der Waals surface area (Å²) >= 11 is 0. The van der Waals surface area contributed by atoms with Crippen LogP contribution in [0.3, 0.4) is 0 Å². The van der Waals surface area contributed by atoms with Crippen LogP contribution in [0.1, 0.15) is 32.9 Å². The molecule has 0 unspecified atom stereocenters. The van der Waals surface area contributed by atoms with Crippen molar-refractivity contribution in [1.82, 2.24) is 15.1 Å². The average Bonchev–Trinajstić information content (AvgIpc) is 3.09. The van der Waals surface area contributed by atoms with Crippen LogP contribution in [-0.4, -0.2) is 40.1 Å². The lowest BCUT2D eigenvalue weighted by molar-refractivity contribution is -0.386. The first-order valence-electron chi connectivity index (χ1n) is 10.1. The molecule has 1 N–H and O–H groups in total. The molecule has 3 rings (SSSR count). The van der Waals surface area contributed by atoms with Gasteiger partial charge in [-0.2, -0.15) is 5.10 Å². The fourth-order valence-corrected chi connectivity index (χ4v) is 3.45. The van der Waals surface area contributed by atoms with Gasteiger partial charge in [0.05, 0.1) is 11.5 Å². The van der Waals surface area contributed by atoms with Crippen molar-refractivity contribution >= 4 is 23.2 Å². The van der Waals surface area contributed by atoms with E-state index in [-0.39, 0.29) is 24.0 Å². The summed E-state index contributed by atoms with van der Waals surface area (Å²) in [4.78, 5) is 37.4. The molecule has 1 heterocycles. The Bertz CT molecular complexity index is 1250. The van der Waals surface area contributed by atoms with E-state index in [9.17, 15) is 19.7 Å². The van der Waals surface area contributed by atoms with Crippen LogP contribution in [0, 0.1) is 36.3 Å². The molecule has 0 aliphatic rings. The van der Waals surface area contributed by atoms with Gasteiger partial charge >= 0.3 is 5.69 Å². The van der Waals surface area contributed by atoms with Crippen molar-refractivity contribution in [3.05, 3.63) is 86.7 Å². The van der Waals surface area contributed by atoms with E-state index >= 15 is 0 Å². The quantitative estimate of drug-likeness (QED) is 0.342. The number of rotatable bonds is 7. The zero-order valence-electron chi connectivity index (χ0n) is 18.5. The molecule has 9 heteroatoms. The van der Waals surface area contributed by atoms with Gasteiger partial charge in [0.1, 0.15) is 17.9 Å². The highest BCUT2D eigenvalue weighted by atomic mass is 16.6. The highest BCUT2D eigenvalue weighted by molar-refractivity contribution is 6.08. The lowest BCUT2D eigenvalue weighted by atomic mass is 10.1. The maximum Gasteiger partial charge on any atom is 0.312 e. The van der Waals surface area contributed by atoms with Crippen LogP contribution in [0.5, 0.6) is 0 Å². The third-order valence-electron chi connectivity index (χ3n) is 5.21. The molecule has 0 fully saturated rings. The number of carbonyl (C=O) groups excluding carboxylic acids is 2. The van der Waals surface area contributed by atoms with E-state index < -0.39 is 4.92 Å². The Kier molecular flexibility index (Phi) is 6.88. The van der Waals surface area contributed by atoms with E-state index in [0.717, 1.165) is 5.56 Å². The lowest BCUT2D eigenvalue weighted by Gasteiger charge is -2.22. The molecule has 0 radical (unpaired) electrons. The fourth-order valence-electron chi connectivity index (χ4n) is 3.45. The second kappa shape index (κ2) is 9.78. The smallest absolute Gasteiger partial charge is 0.312 e. The predicted octanol–water partition coefficient (Wildman–Crippen LogP) is 2.83. The van der Waals surface area contributed by atoms with Crippen LogP contribution in [0.25, 0.3) is 0 Å². The molecule has 168 valence electrons. The Balaban J connectivity index is 1.86. The topological polar surface area (TPSA) is 110 Å². The molecule has 3 aromatic rings. The molecule has 0 saturated carbocycles. The van der Waals surface area contributed by atoms with Gasteiger partial charge in [0, 0.05) is 23.9 Å². The van der Waals surface area contributed by atoms with Crippen molar-refractivity contribution in [1.29, 1.82) is 0 Å². The van der Waals surface area contributed by atoms with Gasteiger partial charge in [0.15, 0.2) is 0 Å². The second-order valence-electron chi connectivity index (χ2n) is 7.39. The molecular weight excluding hydrogens is 422 g/mol. The number of carbonyl (C=O) groups is 2. The van der Waals surface area contributed by atoms with E-state index in [1.165, 1.54) is 11.9 Å². The average molecular weight is 445 g/mol. The Morgan fingerprint density at radius 3 is 2.48 bits per heavy atom. The molecule has 0 bridgehead atoms. The number of benzene rings is 2. The number of nitro groups is 1. The zero-order chi connectivity index (χ0) is 24.1. The number of anilines is 1. The largest absolute Gasteiger partial charge is 0.358 e. The highest BCUT2D eigenvalue weighted by Gasteiger charge is 2.23. The Morgan fingerprint density at radius 1 is 1.21 bits per heavy atom. The summed E-state index contributed by atoms with van der Waals surface area (Å²) in [6.07, 6.45) is 5.47. The van der Waals surface area contributed by atoms with Gasteiger partial charge < -0.3 is 5.32 Å². The number of nitrogens with zero attached hydrogens (tertiary/aromatic N) is 4. The summed E-state index contributed by atoms with van der Waals surface area (Å²) in [7, 11) is 1.50. The standard InChI is InChI=1S/C24H23N5O4/c1-5-18-7-6-8-21(13-18)27(15-22(30)25-4)24(31)20-11-9-19(10-12-20)14-28-17(3)23(29(32)33)16(2)26-28/h1,6-13H,14-15H2,2-4H3,(H,25,30). The second-order valence-corrected chi connectivity index (χ2v) is 7.39. The van der Waals surface area contributed by atoms with Gasteiger partial charge in [-0.3, -0.25) is 29.3 Å². The van der Waals surface area contributed by atoms with Crippen molar-refractivity contribution in [3.8, 4) is 12.3 Å². The summed E-state index contributed by atoms with van der Waals surface area (Å²) in [5.41, 5.74) is 3.12. The number of terminal acetylenes is 1. The zero-order valence-corrected chi connectivity index (χ0v) is 18.5. The van der Waals surface area contributed by atoms with Crippen molar-refractivity contribution in [2.24, 2.45) is 0 Å². The SMILES string of the molecule is C#Cc1cccc(N(CC(=O)NC)C(=O)c2ccc(Cn3nc(C)c([N+](=O)[O-])c3C)cc2)c1. The fraction of sp³-hybridized carbons (Fsp3) is 0.208. The molecule has 2 amide bonds. The molecule has 33 heavy (non-hydrogen) atoms. The van der Waals surface area contributed by atoms with Crippen LogP contribution in [0.15, 0.2) is 48.5 Å². The van der Waals surface area contributed by atoms with Gasteiger partial charge in [-0.25, -0.2) is 0 Å². The van der Waals surface area contributed by atoms with E-state index in [4.69, 9.17) is 6.42 Å². The van der Waals surface area contributed by atoms with E-state index in [0.29, 0.717) is 34.7 Å². The molecule has 1 aromatic heterocycles. The van der Waals surface area contributed by atoms with Gasteiger partial charge in [0.25, 0.3) is 5.91 Å². The molecule has 0 spiro atoms. The molecule has 2 aromatic carbocycles. The van der Waals surface area contributed by atoms with Crippen molar-refractivity contribution in [2.75, 3.05) is 18.5 Å². The van der Waals surface area contributed by atoms with Crippen molar-refractivity contribution in [3.63, 3.8) is 0 Å². The van der Waals surface area contributed by atoms with Crippen LogP contribution in [0.2, 0.25) is 0 Å². The normalized spacial score (nSPS) is 10.4. The van der Waals surface area contributed by atoms with Gasteiger partial charge in [0.2, 0.25) is 5.91 Å². The van der Waals surface area contributed by atoms with Gasteiger partial charge in [-0.15, -0.1) is 6.42 Å². The third kappa shape index (κ3) is 5.07. The summed E-state index contributed by atoms with van der Waals surface area (Å²) in [5.74, 6) is 1.84. The van der Waals surface area contributed by atoms with Crippen LogP contribution >= 0.6 is 0 Å². The maximum atomic E-state index is 13.2. The first-order chi connectivity index (χ1) is 15.7. The maximum absolute atomic E-state index is 13.2. The van der Waals surface area contributed by atoms with Crippen molar-refractivity contribution < 1.29 is 14.5 Å². The molecule has 0 aliphatic heterocycles. The number of hydrogen-bond donors (Lipinski definition) is 1. The number of likely N-dealkylation sites (N-methyl/N-ethyl adjacent to an activating group) is 1. The van der Waals surface area contributed by atoms with E-state index in [1.807, 2.05) is 0 Å². The van der Waals surface area contributed by atoms with E-state index in [1.54, 1.807) is 67.1 Å². The first-order valence-corrected chi connectivity index (χ1v) is 10.1. The Labute approximate surface area is 191 Å². The predicted molar refractivity (Wildman–Crippen MR) is 124 cm³/mol. The minimum Gasteiger partial charge on any atom is -0.358 e. The van der Waals surface area contributed by atoms with Gasteiger partial charge in [-0.05, 0) is 49.7 Å². The third-order valence-corrected chi connectivity index (χ3v) is 5.21. The first kappa shape index (κ1) is 23.2. The lowest BCUT2D eigenvalue weighted by Crippen LogP contribution is -2.39. The Hall–Kier alpha value is -4.45. The number of aromatic nitrogens is 2. The summed E-state index contributed by atoms with van der Waals surface area (Å²) in [5, 5.41) is 18.0. The minimum atomic E-state index is -0.438. The molecule has 9 nitrogen and oxygen atoms in total. The number of aryl methyl sites for hydroxylation is 1. The van der Waals surface area contributed by atoms with Gasteiger partial charge in [-0.1, -0.05) is 24.1 Å². The number of hydrogen-bond acceptors (Lipinski definition) is 5. The summed E-state index contributed by atoms with van der Waals surface area (Å²) in [6, 6.07) is 13.7. The highest BCUT2D eigenvalue weighted by Crippen LogP contribution is 2.23. The molecular formula is C24H23N5O4. The summed E-state index contributed by atoms with van der Waals surface area (Å²) in [6.45, 7) is 3.40. The van der Waals surface area contributed by atoms with Crippen LogP contribution < -0.4 is 10.2 Å². The van der Waals surface area contributed by atoms with Crippen molar-refractivity contribution in [2.45, 2.75) is 20.4 Å². The minimum absolute atomic E-state index is 0.000778. The molecule has 0 aliphatic carbocycles. The van der Waals surface area contributed by atoms with Crippen LogP contribution in [-0.2, 0) is 11.3 Å².